The van der Waals surface area contributed by atoms with Gasteiger partial charge in [0.05, 0.1) is 11.8 Å². The van der Waals surface area contributed by atoms with Crippen molar-refractivity contribution in [2.45, 2.75) is 19.8 Å². The van der Waals surface area contributed by atoms with E-state index in [0.29, 0.717) is 0 Å². The van der Waals surface area contributed by atoms with Gasteiger partial charge in [-0.05, 0) is 50.8 Å². The summed E-state index contributed by atoms with van der Waals surface area (Å²) in [7, 11) is 0. The van der Waals surface area contributed by atoms with Crippen molar-refractivity contribution < 1.29 is 9.21 Å². The van der Waals surface area contributed by atoms with Crippen molar-refractivity contribution in [3.8, 4) is 0 Å². The van der Waals surface area contributed by atoms with Crippen LogP contribution in [0.2, 0.25) is 0 Å². The van der Waals surface area contributed by atoms with Crippen molar-refractivity contribution >= 4 is 5.91 Å². The maximum absolute atomic E-state index is 12.4. The number of nitrogens with zero attached hydrogens (tertiary/aromatic N) is 1. The Balaban J connectivity index is 1.70. The molecule has 0 aliphatic carbocycles. The maximum Gasteiger partial charge on any atom is 0.257 e. The molecule has 2 aliphatic rings. The lowest BCUT2D eigenvalue weighted by molar-refractivity contribution is 0.0757. The highest BCUT2D eigenvalue weighted by atomic mass is 16.3. The minimum absolute atomic E-state index is 0.134. The summed E-state index contributed by atoms with van der Waals surface area (Å²) in [5, 5.41) is 3.45. The molecule has 1 aromatic heterocycles. The van der Waals surface area contributed by atoms with Gasteiger partial charge in [-0.25, -0.2) is 0 Å². The predicted molar refractivity (Wildman–Crippen MR) is 68.4 cm³/mol. The molecule has 0 bridgehead atoms. The second-order valence-electron chi connectivity index (χ2n) is 5.44. The lowest BCUT2D eigenvalue weighted by Gasteiger charge is -2.20. The standard InChI is InChI=1S/C14H20N2O2/c1-10-13(4-7-18-10)14(17)16-5-2-11-8-15-9-12(11)3-6-16/h4,7,11-12,15H,2-3,5-6,8-9H2,1H3/t11-,12+. The second kappa shape index (κ2) is 4.76. The number of carbonyl (C=O) groups is 1. The summed E-state index contributed by atoms with van der Waals surface area (Å²) < 4.78 is 5.22. The monoisotopic (exact) mass is 248 g/mol. The molecule has 0 saturated carbocycles. The van der Waals surface area contributed by atoms with E-state index >= 15 is 0 Å². The highest BCUT2D eigenvalue weighted by Gasteiger charge is 2.32. The molecular formula is C14H20N2O2. The number of nitrogens with one attached hydrogen (secondary N) is 1. The lowest BCUT2D eigenvalue weighted by atomic mass is 9.92. The van der Waals surface area contributed by atoms with Gasteiger partial charge in [-0.3, -0.25) is 4.79 Å². The molecule has 0 unspecified atom stereocenters. The summed E-state index contributed by atoms with van der Waals surface area (Å²) in [5.41, 5.74) is 0.722. The predicted octanol–water partition coefficient (Wildman–Crippen LogP) is 1.66. The Hall–Kier alpha value is -1.29. The third-order valence-corrected chi connectivity index (χ3v) is 4.40. The molecule has 2 aliphatic heterocycles. The van der Waals surface area contributed by atoms with Gasteiger partial charge in [0.1, 0.15) is 5.76 Å². The van der Waals surface area contributed by atoms with Crippen LogP contribution in [0, 0.1) is 18.8 Å². The number of hydrogen-bond acceptors (Lipinski definition) is 3. The first kappa shape index (κ1) is 11.8. The first-order chi connectivity index (χ1) is 8.75. The van der Waals surface area contributed by atoms with Crippen LogP contribution in [0.5, 0.6) is 0 Å². The molecule has 3 heterocycles. The van der Waals surface area contributed by atoms with Crippen molar-refractivity contribution in [3.05, 3.63) is 23.7 Å². The number of hydrogen-bond donors (Lipinski definition) is 1. The Morgan fingerprint density at radius 3 is 2.56 bits per heavy atom. The molecule has 2 fully saturated rings. The molecule has 3 rings (SSSR count). The first-order valence-electron chi connectivity index (χ1n) is 6.80. The number of fused-ring (bicyclic) bond motifs is 1. The summed E-state index contributed by atoms with van der Waals surface area (Å²) in [6.45, 7) is 5.86. The Bertz CT molecular complexity index is 427. The van der Waals surface area contributed by atoms with Crippen LogP contribution in [-0.4, -0.2) is 37.0 Å². The number of furan rings is 1. The van der Waals surface area contributed by atoms with Crippen LogP contribution in [0.4, 0.5) is 0 Å². The minimum atomic E-state index is 0.134. The quantitative estimate of drug-likeness (QED) is 0.822. The normalized spacial score (nSPS) is 27.9. The van der Waals surface area contributed by atoms with Gasteiger partial charge < -0.3 is 14.6 Å². The zero-order valence-electron chi connectivity index (χ0n) is 10.8. The molecule has 0 spiro atoms. The maximum atomic E-state index is 12.4. The molecule has 1 aromatic rings. The van der Waals surface area contributed by atoms with Crippen molar-refractivity contribution in [2.75, 3.05) is 26.2 Å². The average Bonchev–Trinajstić information content (AvgIpc) is 2.94. The molecule has 98 valence electrons. The van der Waals surface area contributed by atoms with E-state index in [1.165, 1.54) is 0 Å². The van der Waals surface area contributed by atoms with Crippen LogP contribution in [0.15, 0.2) is 16.7 Å². The Labute approximate surface area is 107 Å². The molecule has 1 N–H and O–H groups in total. The van der Waals surface area contributed by atoms with Gasteiger partial charge in [0, 0.05) is 13.1 Å². The van der Waals surface area contributed by atoms with Crippen LogP contribution in [0.1, 0.15) is 29.0 Å². The fourth-order valence-electron chi connectivity index (χ4n) is 3.20. The summed E-state index contributed by atoms with van der Waals surface area (Å²) in [6.07, 6.45) is 3.85. The minimum Gasteiger partial charge on any atom is -0.469 e. The number of amides is 1. The Morgan fingerprint density at radius 1 is 1.33 bits per heavy atom. The molecule has 0 radical (unpaired) electrons. The molecule has 18 heavy (non-hydrogen) atoms. The molecule has 4 heteroatoms. The molecule has 0 aromatic carbocycles. The Morgan fingerprint density at radius 2 is 2.00 bits per heavy atom. The van der Waals surface area contributed by atoms with Crippen LogP contribution >= 0.6 is 0 Å². The van der Waals surface area contributed by atoms with Crippen LogP contribution in [0.25, 0.3) is 0 Å². The zero-order valence-corrected chi connectivity index (χ0v) is 10.8. The van der Waals surface area contributed by atoms with Crippen molar-refractivity contribution in [3.63, 3.8) is 0 Å². The van der Waals surface area contributed by atoms with E-state index in [-0.39, 0.29) is 5.91 Å². The van der Waals surface area contributed by atoms with Crippen LogP contribution in [-0.2, 0) is 0 Å². The number of likely N-dealkylation sites (tertiary alicyclic amines) is 1. The highest BCUT2D eigenvalue weighted by Crippen LogP contribution is 2.28. The molecule has 4 nitrogen and oxygen atoms in total. The van der Waals surface area contributed by atoms with Gasteiger partial charge in [0.2, 0.25) is 0 Å². The Kier molecular flexibility index (Phi) is 3.12. The number of aryl methyl sites for hydroxylation is 1. The van der Waals surface area contributed by atoms with Crippen molar-refractivity contribution in [1.82, 2.24) is 10.2 Å². The van der Waals surface area contributed by atoms with E-state index < -0.39 is 0 Å². The van der Waals surface area contributed by atoms with Gasteiger partial charge in [-0.15, -0.1) is 0 Å². The highest BCUT2D eigenvalue weighted by molar-refractivity contribution is 5.95. The first-order valence-corrected chi connectivity index (χ1v) is 6.80. The van der Waals surface area contributed by atoms with Crippen LogP contribution in [0.3, 0.4) is 0 Å². The third kappa shape index (κ3) is 2.05. The lowest BCUT2D eigenvalue weighted by Crippen LogP contribution is -2.32. The molecule has 2 saturated heterocycles. The smallest absolute Gasteiger partial charge is 0.257 e. The summed E-state index contributed by atoms with van der Waals surface area (Å²) in [5.74, 6) is 2.38. The topological polar surface area (TPSA) is 45.5 Å². The van der Waals surface area contributed by atoms with Gasteiger partial charge in [0.15, 0.2) is 0 Å². The molecule has 2 atom stereocenters. The fourth-order valence-corrected chi connectivity index (χ4v) is 3.20. The third-order valence-electron chi connectivity index (χ3n) is 4.40. The van der Waals surface area contributed by atoms with E-state index in [0.717, 1.165) is 62.2 Å². The second-order valence-corrected chi connectivity index (χ2v) is 5.44. The van der Waals surface area contributed by atoms with Gasteiger partial charge in [-0.1, -0.05) is 0 Å². The zero-order chi connectivity index (χ0) is 12.5. The van der Waals surface area contributed by atoms with E-state index in [1.807, 2.05) is 11.8 Å². The van der Waals surface area contributed by atoms with E-state index in [1.54, 1.807) is 12.3 Å². The number of rotatable bonds is 1. The van der Waals surface area contributed by atoms with Gasteiger partial charge >= 0.3 is 0 Å². The molecule has 1 amide bonds. The van der Waals surface area contributed by atoms with Crippen molar-refractivity contribution in [1.29, 1.82) is 0 Å². The summed E-state index contributed by atoms with van der Waals surface area (Å²) >= 11 is 0. The fraction of sp³-hybridized carbons (Fsp3) is 0.643. The largest absolute Gasteiger partial charge is 0.469 e. The number of carbonyl (C=O) groups excluding carboxylic acids is 1. The summed E-state index contributed by atoms with van der Waals surface area (Å²) in [6, 6.07) is 1.78. The van der Waals surface area contributed by atoms with Crippen LogP contribution < -0.4 is 5.32 Å². The van der Waals surface area contributed by atoms with Gasteiger partial charge in [-0.2, -0.15) is 0 Å². The van der Waals surface area contributed by atoms with Gasteiger partial charge in [0.25, 0.3) is 5.91 Å². The van der Waals surface area contributed by atoms with E-state index in [4.69, 9.17) is 4.42 Å². The SMILES string of the molecule is Cc1occc1C(=O)N1CC[C@@H]2CNC[C@@H]2CC1. The van der Waals surface area contributed by atoms with E-state index in [2.05, 4.69) is 5.32 Å². The van der Waals surface area contributed by atoms with Crippen molar-refractivity contribution in [2.24, 2.45) is 11.8 Å². The molecular weight excluding hydrogens is 228 g/mol. The average molecular weight is 248 g/mol. The van der Waals surface area contributed by atoms with E-state index in [9.17, 15) is 4.79 Å². The summed E-state index contributed by atoms with van der Waals surface area (Å²) in [4.78, 5) is 14.4.